The second kappa shape index (κ2) is 9.43. The van der Waals surface area contributed by atoms with Crippen LogP contribution in [0.25, 0.3) is 0 Å². The zero-order valence-electron chi connectivity index (χ0n) is 19.1. The number of carbonyl (C=O) groups excluding carboxylic acids is 1. The molecule has 0 unspecified atom stereocenters. The minimum atomic E-state index is -2.55. The maximum absolute atomic E-state index is 12.1. The van der Waals surface area contributed by atoms with Crippen LogP contribution in [0.15, 0.2) is 72.8 Å². The molecule has 0 radical (unpaired) electrons. The molecule has 0 heterocycles. The zero-order chi connectivity index (χ0) is 22.7. The molecule has 5 heteroatoms. The summed E-state index contributed by atoms with van der Waals surface area (Å²) in [5, 5.41) is 2.51. The first-order valence-electron chi connectivity index (χ1n) is 10.8. The first-order valence-corrected chi connectivity index (χ1v) is 13.6. The van der Waals surface area contributed by atoms with Gasteiger partial charge >= 0.3 is 5.97 Å². The third-order valence-corrected chi connectivity index (χ3v) is 11.3. The van der Waals surface area contributed by atoms with Crippen LogP contribution in [-0.4, -0.2) is 31.8 Å². The molecule has 31 heavy (non-hydrogen) atoms. The normalized spacial score (nSPS) is 19.0. The van der Waals surface area contributed by atoms with Crippen molar-refractivity contribution in [3.05, 3.63) is 72.8 Å². The average molecular weight is 502 g/mol. The molecular formula is C26H33BrO3Si. The van der Waals surface area contributed by atoms with E-state index in [0.717, 1.165) is 0 Å². The van der Waals surface area contributed by atoms with Gasteiger partial charge in [-0.05, 0) is 29.3 Å². The first-order chi connectivity index (χ1) is 14.6. The van der Waals surface area contributed by atoms with Gasteiger partial charge in [-0.1, -0.05) is 110 Å². The van der Waals surface area contributed by atoms with Crippen molar-refractivity contribution in [2.45, 2.75) is 44.0 Å². The summed E-state index contributed by atoms with van der Waals surface area (Å²) in [6.45, 7) is 11.5. The molecule has 0 amide bonds. The Hall–Kier alpha value is -1.69. The maximum Gasteiger partial charge on any atom is 0.322 e. The van der Waals surface area contributed by atoms with Gasteiger partial charge in [0, 0.05) is 18.4 Å². The van der Waals surface area contributed by atoms with Crippen molar-refractivity contribution in [3.8, 4) is 0 Å². The molecule has 0 spiro atoms. The molecule has 0 aromatic heterocycles. The van der Waals surface area contributed by atoms with Gasteiger partial charge in [0.15, 0.2) is 0 Å². The lowest BCUT2D eigenvalue weighted by Gasteiger charge is -2.44. The van der Waals surface area contributed by atoms with Gasteiger partial charge in [-0.15, -0.1) is 0 Å². The van der Waals surface area contributed by atoms with Crippen LogP contribution >= 0.6 is 15.9 Å². The number of alkyl halides is 1. The lowest BCUT2D eigenvalue weighted by Crippen LogP contribution is -2.67. The van der Waals surface area contributed by atoms with Crippen molar-refractivity contribution in [2.24, 2.45) is 11.8 Å². The van der Waals surface area contributed by atoms with Crippen molar-refractivity contribution >= 4 is 40.6 Å². The Labute approximate surface area is 196 Å². The molecule has 0 saturated heterocycles. The summed E-state index contributed by atoms with van der Waals surface area (Å²) >= 11 is 3.37. The van der Waals surface area contributed by atoms with Crippen molar-refractivity contribution in [1.29, 1.82) is 0 Å². The number of rotatable bonds is 8. The van der Waals surface area contributed by atoms with Crippen LogP contribution in [0.2, 0.25) is 5.04 Å². The highest BCUT2D eigenvalue weighted by Gasteiger charge is 2.50. The van der Waals surface area contributed by atoms with E-state index < -0.39 is 12.6 Å². The molecule has 0 bridgehead atoms. The predicted molar refractivity (Wildman–Crippen MR) is 134 cm³/mol. The molecule has 166 valence electrons. The Kier molecular flexibility index (Phi) is 7.29. The number of esters is 1. The Bertz CT molecular complexity index is 858. The van der Waals surface area contributed by atoms with Crippen LogP contribution in [0.5, 0.6) is 0 Å². The van der Waals surface area contributed by atoms with Gasteiger partial charge in [-0.25, -0.2) is 0 Å². The lowest BCUT2D eigenvalue weighted by atomic mass is 9.83. The summed E-state index contributed by atoms with van der Waals surface area (Å²) in [6.07, 6.45) is 4.30. The summed E-state index contributed by atoms with van der Waals surface area (Å²) < 4.78 is 11.9. The van der Waals surface area contributed by atoms with Gasteiger partial charge in [0.25, 0.3) is 8.32 Å². The predicted octanol–water partition coefficient (Wildman–Crippen LogP) is 5.08. The standard InChI is InChI=1S/C26H33BrO3Si/c1-25(2,3)31(22-12-8-6-9-13-22,23-14-10-7-11-15-23)30-19-21-17-16-20(21)18-29-24(28)26(4,5)27/h6-17,20-21H,18-19H2,1-5H3/t20-,21+/m0/s1. The topological polar surface area (TPSA) is 35.5 Å². The number of halogens is 1. The van der Waals surface area contributed by atoms with Crippen LogP contribution in [0, 0.1) is 11.8 Å². The number of carbonyl (C=O) groups is 1. The smallest absolute Gasteiger partial charge is 0.322 e. The fraction of sp³-hybridized carbons (Fsp3) is 0.423. The van der Waals surface area contributed by atoms with Gasteiger partial charge in [0.05, 0.1) is 6.61 Å². The third kappa shape index (κ3) is 5.21. The molecule has 2 aromatic carbocycles. The van der Waals surface area contributed by atoms with E-state index >= 15 is 0 Å². The van der Waals surface area contributed by atoms with Crippen molar-refractivity contribution in [3.63, 3.8) is 0 Å². The van der Waals surface area contributed by atoms with Gasteiger partial charge in [0.1, 0.15) is 4.32 Å². The molecule has 0 N–H and O–H groups in total. The van der Waals surface area contributed by atoms with E-state index in [2.05, 4.69) is 110 Å². The molecule has 0 aliphatic heterocycles. The van der Waals surface area contributed by atoms with Gasteiger partial charge in [-0.2, -0.15) is 0 Å². The minimum Gasteiger partial charge on any atom is -0.464 e. The summed E-state index contributed by atoms with van der Waals surface area (Å²) in [5.41, 5.74) is 0. The lowest BCUT2D eigenvalue weighted by molar-refractivity contribution is -0.147. The number of benzene rings is 2. The van der Waals surface area contributed by atoms with E-state index in [9.17, 15) is 4.79 Å². The average Bonchev–Trinajstić information content (AvgIpc) is 2.70. The number of ether oxygens (including phenoxy) is 1. The Morgan fingerprint density at radius 3 is 1.68 bits per heavy atom. The quantitative estimate of drug-likeness (QED) is 0.219. The first kappa shape index (κ1) is 24.0. The SMILES string of the molecule is CC(C)(Br)C(=O)OC[C@@H]1C=C[C@@H]1CO[Si](c1ccccc1)(c1ccccc1)C(C)(C)C. The second-order valence-electron chi connectivity index (χ2n) is 9.76. The van der Waals surface area contributed by atoms with Crippen LogP contribution in [-0.2, 0) is 14.0 Å². The van der Waals surface area contributed by atoms with Crippen LogP contribution in [0.3, 0.4) is 0 Å². The Balaban J connectivity index is 1.82. The van der Waals surface area contributed by atoms with Gasteiger partial charge in [-0.3, -0.25) is 4.79 Å². The molecule has 1 aliphatic carbocycles. The molecule has 3 nitrogen and oxygen atoms in total. The molecule has 2 aromatic rings. The number of hydrogen-bond donors (Lipinski definition) is 0. The highest BCUT2D eigenvalue weighted by atomic mass is 79.9. The minimum absolute atomic E-state index is 0.0505. The highest BCUT2D eigenvalue weighted by Crippen LogP contribution is 2.38. The van der Waals surface area contributed by atoms with E-state index in [0.29, 0.717) is 13.2 Å². The highest BCUT2D eigenvalue weighted by molar-refractivity contribution is 9.10. The monoisotopic (exact) mass is 500 g/mol. The van der Waals surface area contributed by atoms with Gasteiger partial charge < -0.3 is 9.16 Å². The van der Waals surface area contributed by atoms with E-state index in [1.165, 1.54) is 10.4 Å². The maximum atomic E-state index is 12.1. The van der Waals surface area contributed by atoms with Crippen molar-refractivity contribution < 1.29 is 14.0 Å². The fourth-order valence-electron chi connectivity index (χ4n) is 4.11. The summed E-state index contributed by atoms with van der Waals surface area (Å²) in [7, 11) is -2.55. The summed E-state index contributed by atoms with van der Waals surface area (Å²) in [5.74, 6) is 0.198. The summed E-state index contributed by atoms with van der Waals surface area (Å²) in [4.78, 5) is 12.1. The van der Waals surface area contributed by atoms with E-state index in [-0.39, 0.29) is 22.8 Å². The molecule has 3 rings (SSSR count). The Morgan fingerprint density at radius 2 is 1.29 bits per heavy atom. The van der Waals surface area contributed by atoms with E-state index in [1.807, 2.05) is 0 Å². The van der Waals surface area contributed by atoms with E-state index in [1.54, 1.807) is 13.8 Å². The molecule has 0 saturated carbocycles. The Morgan fingerprint density at radius 1 is 0.839 bits per heavy atom. The van der Waals surface area contributed by atoms with E-state index in [4.69, 9.17) is 9.16 Å². The molecule has 1 aliphatic rings. The molecule has 0 fully saturated rings. The summed E-state index contributed by atoms with van der Waals surface area (Å²) in [6, 6.07) is 21.3. The molecular weight excluding hydrogens is 468 g/mol. The largest absolute Gasteiger partial charge is 0.464 e. The fourth-order valence-corrected chi connectivity index (χ4v) is 8.82. The number of hydrogen-bond acceptors (Lipinski definition) is 3. The van der Waals surface area contributed by atoms with Crippen LogP contribution in [0.4, 0.5) is 0 Å². The molecule has 2 atom stereocenters. The van der Waals surface area contributed by atoms with Crippen molar-refractivity contribution in [2.75, 3.05) is 13.2 Å². The van der Waals surface area contributed by atoms with Gasteiger partial charge in [0.2, 0.25) is 0 Å². The zero-order valence-corrected chi connectivity index (χ0v) is 21.7. The van der Waals surface area contributed by atoms with Crippen molar-refractivity contribution in [1.82, 2.24) is 0 Å². The third-order valence-electron chi connectivity index (χ3n) is 5.96. The second-order valence-corrected chi connectivity index (χ2v) is 16.0. The van der Waals surface area contributed by atoms with Crippen LogP contribution in [0.1, 0.15) is 34.6 Å². The van der Waals surface area contributed by atoms with Crippen LogP contribution < -0.4 is 10.4 Å².